The summed E-state index contributed by atoms with van der Waals surface area (Å²) in [5.74, 6) is -0.0650. The Kier molecular flexibility index (Phi) is 6.73. The van der Waals surface area contributed by atoms with Crippen LogP contribution in [0.2, 0.25) is 0 Å². The molecule has 4 rings (SSSR count). The maximum absolute atomic E-state index is 13.3. The van der Waals surface area contributed by atoms with Crippen LogP contribution in [0.1, 0.15) is 53.7 Å². The van der Waals surface area contributed by atoms with Crippen molar-refractivity contribution in [1.82, 2.24) is 24.9 Å². The van der Waals surface area contributed by atoms with Crippen molar-refractivity contribution in [1.29, 1.82) is 0 Å². The molecule has 1 aromatic heterocycles. The van der Waals surface area contributed by atoms with E-state index in [9.17, 15) is 22.8 Å². The Balaban J connectivity index is 1.48. The molecule has 2 aromatic rings. The first-order valence-corrected chi connectivity index (χ1v) is 11.3. The zero-order chi connectivity index (χ0) is 23.6. The van der Waals surface area contributed by atoms with Crippen molar-refractivity contribution in [2.75, 3.05) is 39.3 Å². The largest absolute Gasteiger partial charge is 0.416 e. The molecule has 1 saturated heterocycles. The van der Waals surface area contributed by atoms with Crippen molar-refractivity contribution < 1.29 is 22.8 Å². The summed E-state index contributed by atoms with van der Waals surface area (Å²) in [6.07, 6.45) is -0.335. The molecule has 1 aromatic carbocycles. The van der Waals surface area contributed by atoms with Crippen molar-refractivity contribution >= 4 is 11.8 Å². The molecule has 0 spiro atoms. The van der Waals surface area contributed by atoms with Crippen LogP contribution in [0, 0.1) is 0 Å². The SMILES string of the molecule is CCCNC(=O)CN1CCN(C(=O)c2cnn(-c3cccc(C(F)(F)F)c3)c2C2CC2)CC1. The van der Waals surface area contributed by atoms with Gasteiger partial charge in [-0.25, -0.2) is 4.68 Å². The first-order chi connectivity index (χ1) is 15.8. The summed E-state index contributed by atoms with van der Waals surface area (Å²) in [5, 5.41) is 7.16. The molecular weight excluding hydrogens is 435 g/mol. The Morgan fingerprint density at radius 3 is 2.52 bits per heavy atom. The average Bonchev–Trinajstić information content (AvgIpc) is 3.55. The normalized spacial score (nSPS) is 17.3. The Morgan fingerprint density at radius 1 is 1.15 bits per heavy atom. The highest BCUT2D eigenvalue weighted by Crippen LogP contribution is 2.43. The van der Waals surface area contributed by atoms with Gasteiger partial charge >= 0.3 is 6.18 Å². The van der Waals surface area contributed by atoms with E-state index in [0.717, 1.165) is 31.4 Å². The first-order valence-electron chi connectivity index (χ1n) is 11.3. The van der Waals surface area contributed by atoms with E-state index in [1.165, 1.54) is 16.9 Å². The molecule has 2 amide bonds. The van der Waals surface area contributed by atoms with Crippen LogP contribution in [0.5, 0.6) is 0 Å². The summed E-state index contributed by atoms with van der Waals surface area (Å²) in [5.41, 5.74) is 0.683. The topological polar surface area (TPSA) is 70.5 Å². The van der Waals surface area contributed by atoms with Gasteiger partial charge in [-0.15, -0.1) is 0 Å². The van der Waals surface area contributed by atoms with Crippen molar-refractivity contribution in [3.8, 4) is 5.69 Å². The zero-order valence-electron chi connectivity index (χ0n) is 18.6. The third-order valence-electron chi connectivity index (χ3n) is 6.02. The van der Waals surface area contributed by atoms with Crippen LogP contribution in [-0.4, -0.2) is 70.7 Å². The number of piperazine rings is 1. The van der Waals surface area contributed by atoms with Crippen LogP contribution in [0.25, 0.3) is 5.69 Å². The standard InChI is InChI=1S/C23H28F3N5O2/c1-2-8-27-20(32)15-29-9-11-30(12-10-29)22(33)19-14-28-31(21(19)16-6-7-16)18-5-3-4-17(13-18)23(24,25)26/h3-5,13-14,16H,2,6-12,15H2,1H3,(H,27,32). The predicted molar refractivity (Wildman–Crippen MR) is 116 cm³/mol. The maximum atomic E-state index is 13.3. The fourth-order valence-corrected chi connectivity index (χ4v) is 4.09. The molecule has 178 valence electrons. The Bertz CT molecular complexity index is 1010. The second kappa shape index (κ2) is 9.54. The Labute approximate surface area is 190 Å². The highest BCUT2D eigenvalue weighted by atomic mass is 19.4. The van der Waals surface area contributed by atoms with Crippen LogP contribution in [-0.2, 0) is 11.0 Å². The number of carbonyl (C=O) groups excluding carboxylic acids is 2. The van der Waals surface area contributed by atoms with Crippen LogP contribution in [0.15, 0.2) is 30.5 Å². The summed E-state index contributed by atoms with van der Waals surface area (Å²) >= 11 is 0. The molecule has 1 N–H and O–H groups in total. The molecule has 0 unspecified atom stereocenters. The quantitative estimate of drug-likeness (QED) is 0.685. The van der Waals surface area contributed by atoms with Gasteiger partial charge in [0.15, 0.2) is 0 Å². The van der Waals surface area contributed by atoms with Crippen molar-refractivity contribution in [2.24, 2.45) is 0 Å². The number of halogens is 3. The molecule has 7 nitrogen and oxygen atoms in total. The molecule has 1 saturated carbocycles. The smallest absolute Gasteiger partial charge is 0.355 e. The molecule has 1 aliphatic heterocycles. The molecule has 2 aliphatic rings. The molecular formula is C23H28F3N5O2. The third-order valence-corrected chi connectivity index (χ3v) is 6.02. The summed E-state index contributed by atoms with van der Waals surface area (Å²) in [7, 11) is 0. The summed E-state index contributed by atoms with van der Waals surface area (Å²) in [6, 6.07) is 5.02. The van der Waals surface area contributed by atoms with E-state index in [2.05, 4.69) is 10.4 Å². The van der Waals surface area contributed by atoms with Crippen LogP contribution >= 0.6 is 0 Å². The minimum Gasteiger partial charge on any atom is -0.355 e. The lowest BCUT2D eigenvalue weighted by atomic mass is 10.1. The number of benzene rings is 1. The molecule has 2 heterocycles. The Morgan fingerprint density at radius 2 is 1.88 bits per heavy atom. The lowest BCUT2D eigenvalue weighted by molar-refractivity contribution is -0.137. The minimum absolute atomic E-state index is 0.0185. The van der Waals surface area contributed by atoms with E-state index < -0.39 is 11.7 Å². The van der Waals surface area contributed by atoms with E-state index in [1.54, 1.807) is 11.0 Å². The number of hydrogen-bond acceptors (Lipinski definition) is 4. The number of nitrogens with zero attached hydrogens (tertiary/aromatic N) is 4. The number of aromatic nitrogens is 2. The van der Waals surface area contributed by atoms with Crippen molar-refractivity contribution in [2.45, 2.75) is 38.3 Å². The number of hydrogen-bond donors (Lipinski definition) is 1. The fraction of sp³-hybridized carbons (Fsp3) is 0.522. The lowest BCUT2D eigenvalue weighted by Gasteiger charge is -2.34. The zero-order valence-corrected chi connectivity index (χ0v) is 18.6. The van der Waals surface area contributed by atoms with Gasteiger partial charge < -0.3 is 10.2 Å². The number of nitrogens with one attached hydrogen (secondary N) is 1. The lowest BCUT2D eigenvalue weighted by Crippen LogP contribution is -2.51. The van der Waals surface area contributed by atoms with Crippen LogP contribution in [0.4, 0.5) is 13.2 Å². The number of alkyl halides is 3. The van der Waals surface area contributed by atoms with Crippen molar-refractivity contribution in [3.63, 3.8) is 0 Å². The molecule has 0 radical (unpaired) electrons. The van der Waals surface area contributed by atoms with E-state index in [1.807, 2.05) is 11.8 Å². The number of amides is 2. The minimum atomic E-state index is -4.45. The average molecular weight is 464 g/mol. The molecule has 0 bridgehead atoms. The second-order valence-electron chi connectivity index (χ2n) is 8.60. The summed E-state index contributed by atoms with van der Waals surface area (Å²) < 4.78 is 41.0. The van der Waals surface area contributed by atoms with Crippen molar-refractivity contribution in [3.05, 3.63) is 47.3 Å². The monoisotopic (exact) mass is 463 g/mol. The van der Waals surface area contributed by atoms with E-state index >= 15 is 0 Å². The Hall–Kier alpha value is -2.88. The molecule has 33 heavy (non-hydrogen) atoms. The fourth-order valence-electron chi connectivity index (χ4n) is 4.09. The van der Waals surface area contributed by atoms with Gasteiger partial charge in [-0.1, -0.05) is 13.0 Å². The number of carbonyl (C=O) groups is 2. The highest BCUT2D eigenvalue weighted by Gasteiger charge is 2.36. The third kappa shape index (κ3) is 5.38. The van der Waals surface area contributed by atoms with E-state index in [4.69, 9.17) is 0 Å². The first kappa shape index (κ1) is 23.3. The summed E-state index contributed by atoms with van der Waals surface area (Å²) in [6.45, 7) is 5.10. The predicted octanol–water partition coefficient (Wildman–Crippen LogP) is 3.05. The van der Waals surface area contributed by atoms with Gasteiger partial charge in [0.2, 0.25) is 5.91 Å². The van der Waals surface area contributed by atoms with Crippen LogP contribution in [0.3, 0.4) is 0 Å². The molecule has 10 heteroatoms. The maximum Gasteiger partial charge on any atom is 0.416 e. The molecule has 0 atom stereocenters. The van der Waals surface area contributed by atoms with E-state index in [0.29, 0.717) is 56.2 Å². The van der Waals surface area contributed by atoms with Gasteiger partial charge in [0.05, 0.1) is 35.2 Å². The van der Waals surface area contributed by atoms with Gasteiger partial charge in [-0.2, -0.15) is 18.3 Å². The highest BCUT2D eigenvalue weighted by molar-refractivity contribution is 5.95. The molecule has 1 aliphatic carbocycles. The van der Waals surface area contributed by atoms with Gasteiger partial charge in [0, 0.05) is 38.6 Å². The van der Waals surface area contributed by atoms with Gasteiger partial charge in [-0.3, -0.25) is 14.5 Å². The number of rotatable bonds is 7. The van der Waals surface area contributed by atoms with E-state index in [-0.39, 0.29) is 17.7 Å². The van der Waals surface area contributed by atoms with Gasteiger partial charge in [-0.05, 0) is 37.5 Å². The molecule has 2 fully saturated rings. The second-order valence-corrected chi connectivity index (χ2v) is 8.60. The van der Waals surface area contributed by atoms with Crippen LogP contribution < -0.4 is 5.32 Å². The van der Waals surface area contributed by atoms with Gasteiger partial charge in [0.25, 0.3) is 5.91 Å². The van der Waals surface area contributed by atoms with Gasteiger partial charge in [0.1, 0.15) is 0 Å². The summed E-state index contributed by atoms with van der Waals surface area (Å²) in [4.78, 5) is 29.0.